The molecule has 0 N–H and O–H groups in total. The van der Waals surface area contributed by atoms with E-state index in [0.29, 0.717) is 31.2 Å². The maximum atomic E-state index is 12.9. The Morgan fingerprint density at radius 1 is 1.19 bits per heavy atom. The monoisotopic (exact) mass is 354 g/mol. The maximum Gasteiger partial charge on any atom is 0.293 e. The molecule has 1 amide bonds. The molecule has 1 aliphatic heterocycles. The molecule has 0 aromatic carbocycles. The minimum atomic E-state index is -0.210. The average Bonchev–Trinajstić information content (AvgIpc) is 3.16. The van der Waals surface area contributed by atoms with Crippen molar-refractivity contribution in [1.82, 2.24) is 29.5 Å². The third-order valence-corrected chi connectivity index (χ3v) is 4.47. The van der Waals surface area contributed by atoms with E-state index in [2.05, 4.69) is 40.8 Å². The highest BCUT2D eigenvalue weighted by molar-refractivity contribution is 5.91. The Morgan fingerprint density at radius 3 is 2.69 bits per heavy atom. The maximum absolute atomic E-state index is 12.9. The van der Waals surface area contributed by atoms with Crippen LogP contribution in [0.4, 0.5) is 0 Å². The van der Waals surface area contributed by atoms with Crippen LogP contribution in [0.3, 0.4) is 0 Å². The molecule has 0 atom stereocenters. The summed E-state index contributed by atoms with van der Waals surface area (Å²) >= 11 is 0. The molecule has 0 spiro atoms. The van der Waals surface area contributed by atoms with Crippen molar-refractivity contribution in [3.05, 3.63) is 40.6 Å². The zero-order valence-corrected chi connectivity index (χ0v) is 15.7. The van der Waals surface area contributed by atoms with Crippen molar-refractivity contribution in [2.24, 2.45) is 0 Å². The molecule has 0 saturated carbocycles. The lowest BCUT2D eigenvalue weighted by molar-refractivity contribution is 0.0715. The largest absolute Gasteiger partial charge is 0.445 e. The molecule has 26 heavy (non-hydrogen) atoms. The second kappa shape index (κ2) is 5.62. The second-order valence-corrected chi connectivity index (χ2v) is 7.80. The van der Waals surface area contributed by atoms with Crippen molar-refractivity contribution in [2.75, 3.05) is 6.54 Å². The van der Waals surface area contributed by atoms with Crippen LogP contribution in [0.25, 0.3) is 5.78 Å². The molecule has 136 valence electrons. The standard InChI is InChI=1S/C18H22N6O2/c1-10-8-11(2)24-17(19-10)21-14(22-24)15(25)23-7-6-13-12(9-23)20-16(26-13)18(3,4)5/h8H,6-7,9H2,1-5H3. The Kier molecular flexibility index (Phi) is 3.61. The normalized spacial score (nSPS) is 14.7. The average molecular weight is 354 g/mol. The molecule has 0 saturated heterocycles. The third-order valence-electron chi connectivity index (χ3n) is 4.47. The summed E-state index contributed by atoms with van der Waals surface area (Å²) in [6.07, 6.45) is 0.647. The molecule has 4 rings (SSSR count). The number of hydrogen-bond donors (Lipinski definition) is 0. The van der Waals surface area contributed by atoms with E-state index in [4.69, 9.17) is 4.42 Å². The molecule has 0 unspecified atom stereocenters. The Morgan fingerprint density at radius 2 is 1.96 bits per heavy atom. The Bertz CT molecular complexity index is 1010. The summed E-state index contributed by atoms with van der Waals surface area (Å²) < 4.78 is 7.49. The van der Waals surface area contributed by atoms with Gasteiger partial charge in [0, 0.05) is 29.8 Å². The molecule has 0 aliphatic carbocycles. The predicted octanol–water partition coefficient (Wildman–Crippen LogP) is 2.23. The van der Waals surface area contributed by atoms with Gasteiger partial charge in [-0.2, -0.15) is 4.98 Å². The fourth-order valence-corrected chi connectivity index (χ4v) is 3.09. The van der Waals surface area contributed by atoms with Crippen LogP contribution in [0.2, 0.25) is 0 Å². The van der Waals surface area contributed by atoms with Gasteiger partial charge in [0.05, 0.1) is 6.54 Å². The lowest BCUT2D eigenvalue weighted by Gasteiger charge is -2.23. The van der Waals surface area contributed by atoms with Gasteiger partial charge in [-0.1, -0.05) is 20.8 Å². The smallest absolute Gasteiger partial charge is 0.293 e. The minimum absolute atomic E-state index is 0.156. The van der Waals surface area contributed by atoms with Gasteiger partial charge in [-0.15, -0.1) is 5.10 Å². The van der Waals surface area contributed by atoms with Crippen LogP contribution in [0.15, 0.2) is 10.5 Å². The molecular weight excluding hydrogens is 332 g/mol. The number of nitrogens with zero attached hydrogens (tertiary/aromatic N) is 6. The summed E-state index contributed by atoms with van der Waals surface area (Å²) in [5.41, 5.74) is 2.41. The van der Waals surface area contributed by atoms with E-state index in [9.17, 15) is 4.79 Å². The number of carbonyl (C=O) groups is 1. The summed E-state index contributed by atoms with van der Waals surface area (Å²) in [5.74, 6) is 1.97. The van der Waals surface area contributed by atoms with Gasteiger partial charge < -0.3 is 9.32 Å². The van der Waals surface area contributed by atoms with Crippen LogP contribution in [0, 0.1) is 13.8 Å². The Hall–Kier alpha value is -2.77. The summed E-state index contributed by atoms with van der Waals surface area (Å²) in [7, 11) is 0. The number of amides is 1. The van der Waals surface area contributed by atoms with Crippen molar-refractivity contribution < 1.29 is 9.21 Å². The van der Waals surface area contributed by atoms with Crippen LogP contribution < -0.4 is 0 Å². The zero-order chi connectivity index (χ0) is 18.6. The van der Waals surface area contributed by atoms with Gasteiger partial charge in [0.2, 0.25) is 5.82 Å². The van der Waals surface area contributed by atoms with Crippen molar-refractivity contribution in [3.8, 4) is 0 Å². The molecule has 3 aromatic rings. The molecule has 0 bridgehead atoms. The second-order valence-electron chi connectivity index (χ2n) is 7.80. The lowest BCUT2D eigenvalue weighted by Crippen LogP contribution is -2.36. The lowest BCUT2D eigenvalue weighted by atomic mass is 9.97. The van der Waals surface area contributed by atoms with Gasteiger partial charge in [0.15, 0.2) is 5.89 Å². The number of aryl methyl sites for hydroxylation is 2. The molecular formula is C18H22N6O2. The van der Waals surface area contributed by atoms with Gasteiger partial charge in [-0.05, 0) is 19.9 Å². The first-order valence-corrected chi connectivity index (χ1v) is 8.72. The number of carbonyl (C=O) groups excluding carboxylic acids is 1. The summed E-state index contributed by atoms with van der Waals surface area (Å²) in [5, 5.41) is 4.34. The molecule has 4 heterocycles. The highest BCUT2D eigenvalue weighted by atomic mass is 16.4. The highest BCUT2D eigenvalue weighted by Crippen LogP contribution is 2.27. The van der Waals surface area contributed by atoms with Gasteiger partial charge in [0.25, 0.3) is 11.7 Å². The molecule has 0 fully saturated rings. The first-order chi connectivity index (χ1) is 12.2. The number of fused-ring (bicyclic) bond motifs is 2. The number of oxazole rings is 1. The van der Waals surface area contributed by atoms with E-state index < -0.39 is 0 Å². The first kappa shape index (κ1) is 16.7. The van der Waals surface area contributed by atoms with E-state index in [0.717, 1.165) is 22.8 Å². The zero-order valence-electron chi connectivity index (χ0n) is 15.7. The van der Waals surface area contributed by atoms with Crippen molar-refractivity contribution in [1.29, 1.82) is 0 Å². The molecule has 0 radical (unpaired) electrons. The van der Waals surface area contributed by atoms with E-state index >= 15 is 0 Å². The number of aromatic nitrogens is 5. The van der Waals surface area contributed by atoms with Crippen LogP contribution in [0.1, 0.15) is 60.1 Å². The van der Waals surface area contributed by atoms with Gasteiger partial charge in [-0.3, -0.25) is 4.79 Å². The first-order valence-electron chi connectivity index (χ1n) is 8.72. The number of hydrogen-bond acceptors (Lipinski definition) is 6. The van der Waals surface area contributed by atoms with E-state index in [-0.39, 0.29) is 17.1 Å². The quantitative estimate of drug-likeness (QED) is 0.666. The summed E-state index contributed by atoms with van der Waals surface area (Å²) in [6.45, 7) is 11.0. The fraction of sp³-hybridized carbons (Fsp3) is 0.500. The molecule has 8 nitrogen and oxygen atoms in total. The number of rotatable bonds is 1. The van der Waals surface area contributed by atoms with E-state index in [1.54, 1.807) is 9.42 Å². The van der Waals surface area contributed by atoms with Crippen LogP contribution >= 0.6 is 0 Å². The van der Waals surface area contributed by atoms with Crippen molar-refractivity contribution in [3.63, 3.8) is 0 Å². The van der Waals surface area contributed by atoms with Crippen molar-refractivity contribution >= 4 is 11.7 Å². The van der Waals surface area contributed by atoms with E-state index in [1.807, 2.05) is 19.9 Å². The minimum Gasteiger partial charge on any atom is -0.445 e. The fourth-order valence-electron chi connectivity index (χ4n) is 3.09. The summed E-state index contributed by atoms with van der Waals surface area (Å²) in [6, 6.07) is 1.91. The van der Waals surface area contributed by atoms with Gasteiger partial charge in [0.1, 0.15) is 11.5 Å². The molecule has 3 aromatic heterocycles. The van der Waals surface area contributed by atoms with Crippen molar-refractivity contribution in [2.45, 2.75) is 53.0 Å². The highest BCUT2D eigenvalue weighted by Gasteiger charge is 2.31. The van der Waals surface area contributed by atoms with E-state index in [1.165, 1.54) is 0 Å². The van der Waals surface area contributed by atoms with Gasteiger partial charge in [-0.25, -0.2) is 14.5 Å². The molecule has 8 heteroatoms. The van der Waals surface area contributed by atoms with Crippen LogP contribution in [0.5, 0.6) is 0 Å². The Balaban J connectivity index is 1.62. The predicted molar refractivity (Wildman–Crippen MR) is 93.9 cm³/mol. The Labute approximate surface area is 151 Å². The van der Waals surface area contributed by atoms with Crippen LogP contribution in [-0.2, 0) is 18.4 Å². The van der Waals surface area contributed by atoms with Crippen LogP contribution in [-0.4, -0.2) is 41.9 Å². The third kappa shape index (κ3) is 2.75. The topological polar surface area (TPSA) is 89.4 Å². The van der Waals surface area contributed by atoms with Gasteiger partial charge >= 0.3 is 0 Å². The summed E-state index contributed by atoms with van der Waals surface area (Å²) in [4.78, 5) is 27.9. The SMILES string of the molecule is Cc1cc(C)n2nc(C(=O)N3CCc4oc(C(C)(C)C)nc4C3)nc2n1. The molecule has 1 aliphatic rings.